The van der Waals surface area contributed by atoms with Crippen LogP contribution in [-0.4, -0.2) is 49.4 Å². The Morgan fingerprint density at radius 1 is 1.44 bits per heavy atom. The Balaban J connectivity index is 2.80. The van der Waals surface area contributed by atoms with Gasteiger partial charge in [0.15, 0.2) is 0 Å². The molecule has 0 aromatic heterocycles. The first-order chi connectivity index (χ1) is 8.65. The van der Waals surface area contributed by atoms with Gasteiger partial charge in [-0.1, -0.05) is 20.8 Å². The molecule has 1 rings (SSSR count). The van der Waals surface area contributed by atoms with Crippen molar-refractivity contribution in [3.63, 3.8) is 0 Å². The molecule has 1 unspecified atom stereocenters. The van der Waals surface area contributed by atoms with Gasteiger partial charge < -0.3 is 15.1 Å². The largest absolute Gasteiger partial charge is 0.466 e. The van der Waals surface area contributed by atoms with Crippen LogP contribution in [0.4, 0.5) is 0 Å². The monoisotopic (exact) mass is 253 g/mol. The maximum Gasteiger partial charge on any atom is 0.330 e. The fourth-order valence-corrected chi connectivity index (χ4v) is 2.02. The van der Waals surface area contributed by atoms with Crippen molar-refractivity contribution in [1.82, 2.24) is 10.3 Å². The fourth-order valence-electron chi connectivity index (χ4n) is 2.02. The molecule has 102 valence electrons. The van der Waals surface area contributed by atoms with E-state index >= 15 is 0 Å². The zero-order valence-electron chi connectivity index (χ0n) is 11.7. The van der Waals surface area contributed by atoms with Crippen LogP contribution in [0.1, 0.15) is 27.2 Å². The molecule has 0 spiro atoms. The van der Waals surface area contributed by atoms with Crippen molar-refractivity contribution in [1.29, 1.82) is 0 Å². The molecule has 0 aromatic rings. The SMILES string of the molecule is CCC1=NNC(CN(CC)CC)/C1=C\C(=O)OC. The maximum atomic E-state index is 11.4. The number of methoxy groups -OCH3 is 1. The van der Waals surface area contributed by atoms with Crippen molar-refractivity contribution in [2.24, 2.45) is 5.10 Å². The zero-order chi connectivity index (χ0) is 13.5. The average molecular weight is 253 g/mol. The molecule has 0 saturated heterocycles. The van der Waals surface area contributed by atoms with E-state index in [2.05, 4.69) is 29.3 Å². The second-order valence-corrected chi connectivity index (χ2v) is 4.20. The number of hydrazone groups is 1. The molecular weight excluding hydrogens is 230 g/mol. The molecule has 1 heterocycles. The van der Waals surface area contributed by atoms with E-state index in [0.29, 0.717) is 0 Å². The number of hydrogen-bond donors (Lipinski definition) is 1. The Morgan fingerprint density at radius 3 is 2.61 bits per heavy atom. The van der Waals surface area contributed by atoms with E-state index in [1.165, 1.54) is 7.11 Å². The van der Waals surface area contributed by atoms with Gasteiger partial charge >= 0.3 is 5.97 Å². The number of carbonyl (C=O) groups is 1. The van der Waals surface area contributed by atoms with Crippen LogP contribution in [0.3, 0.4) is 0 Å². The summed E-state index contributed by atoms with van der Waals surface area (Å²) in [5, 5.41) is 4.29. The minimum Gasteiger partial charge on any atom is -0.466 e. The number of carbonyl (C=O) groups excluding carboxylic acids is 1. The lowest BCUT2D eigenvalue weighted by Gasteiger charge is -2.23. The molecule has 0 bridgehead atoms. The van der Waals surface area contributed by atoms with Crippen molar-refractivity contribution >= 4 is 11.7 Å². The number of nitrogens with one attached hydrogen (secondary N) is 1. The van der Waals surface area contributed by atoms with Gasteiger partial charge in [0.1, 0.15) is 0 Å². The summed E-state index contributed by atoms with van der Waals surface area (Å²) in [6, 6.07) is 0.0824. The summed E-state index contributed by atoms with van der Waals surface area (Å²) in [7, 11) is 1.39. The van der Waals surface area contributed by atoms with Crippen LogP contribution in [0.5, 0.6) is 0 Å². The Hall–Kier alpha value is -1.36. The van der Waals surface area contributed by atoms with Gasteiger partial charge in [0, 0.05) is 18.2 Å². The van der Waals surface area contributed by atoms with E-state index in [-0.39, 0.29) is 12.0 Å². The lowest BCUT2D eigenvalue weighted by molar-refractivity contribution is -0.134. The molecule has 0 fully saturated rings. The summed E-state index contributed by atoms with van der Waals surface area (Å²) in [6.07, 6.45) is 2.36. The zero-order valence-corrected chi connectivity index (χ0v) is 11.7. The standard InChI is InChI=1S/C13H23N3O2/c1-5-11-10(8-13(17)18-4)12(15-14-11)9-16(6-2)7-3/h8,12,15H,5-7,9H2,1-4H3/b10-8-. The predicted molar refractivity (Wildman–Crippen MR) is 72.5 cm³/mol. The quantitative estimate of drug-likeness (QED) is 0.570. The number of rotatable bonds is 6. The van der Waals surface area contributed by atoms with E-state index < -0.39 is 0 Å². The van der Waals surface area contributed by atoms with Crippen molar-refractivity contribution in [3.05, 3.63) is 11.6 Å². The van der Waals surface area contributed by atoms with Crippen molar-refractivity contribution < 1.29 is 9.53 Å². The predicted octanol–water partition coefficient (Wildman–Crippen LogP) is 1.17. The summed E-state index contributed by atoms with van der Waals surface area (Å²) >= 11 is 0. The second kappa shape index (κ2) is 7.16. The van der Waals surface area contributed by atoms with Crippen molar-refractivity contribution in [2.75, 3.05) is 26.7 Å². The average Bonchev–Trinajstić information content (AvgIpc) is 2.77. The molecule has 0 radical (unpaired) electrons. The molecule has 1 aliphatic heterocycles. The Labute approximate surface area is 109 Å². The van der Waals surface area contributed by atoms with Crippen LogP contribution in [0, 0.1) is 0 Å². The summed E-state index contributed by atoms with van der Waals surface area (Å²) in [6.45, 7) is 9.12. The van der Waals surface area contributed by atoms with Gasteiger partial charge in [-0.3, -0.25) is 0 Å². The molecule has 0 saturated carbocycles. The summed E-state index contributed by atoms with van der Waals surface area (Å²) in [5.74, 6) is -0.320. The Morgan fingerprint density at radius 2 is 2.11 bits per heavy atom. The van der Waals surface area contributed by atoms with Crippen LogP contribution >= 0.6 is 0 Å². The minimum absolute atomic E-state index is 0.0824. The molecule has 1 aliphatic rings. The normalized spacial score (nSPS) is 21.1. The van der Waals surface area contributed by atoms with Gasteiger partial charge in [0.05, 0.1) is 18.9 Å². The summed E-state index contributed by atoms with van der Waals surface area (Å²) < 4.78 is 4.70. The highest BCUT2D eigenvalue weighted by Gasteiger charge is 2.26. The van der Waals surface area contributed by atoms with Gasteiger partial charge in [-0.15, -0.1) is 0 Å². The van der Waals surface area contributed by atoms with Gasteiger partial charge in [0.25, 0.3) is 0 Å². The molecule has 0 amide bonds. The molecule has 1 atom stereocenters. The molecule has 18 heavy (non-hydrogen) atoms. The van der Waals surface area contributed by atoms with Crippen LogP contribution in [0.25, 0.3) is 0 Å². The van der Waals surface area contributed by atoms with Crippen LogP contribution in [0.2, 0.25) is 0 Å². The highest BCUT2D eigenvalue weighted by molar-refractivity contribution is 6.06. The molecule has 5 heteroatoms. The number of likely N-dealkylation sites (N-methyl/N-ethyl adjacent to an activating group) is 1. The first-order valence-electron chi connectivity index (χ1n) is 6.50. The third kappa shape index (κ3) is 3.57. The highest BCUT2D eigenvalue weighted by Crippen LogP contribution is 2.16. The van der Waals surface area contributed by atoms with E-state index in [1.54, 1.807) is 6.08 Å². The van der Waals surface area contributed by atoms with E-state index in [9.17, 15) is 4.79 Å². The molecule has 1 N–H and O–H groups in total. The number of ether oxygens (including phenoxy) is 1. The minimum atomic E-state index is -0.320. The van der Waals surface area contributed by atoms with Crippen LogP contribution < -0.4 is 5.43 Å². The summed E-state index contributed by atoms with van der Waals surface area (Å²) in [5.41, 5.74) is 5.00. The molecule has 0 aromatic carbocycles. The van der Waals surface area contributed by atoms with E-state index in [1.807, 2.05) is 6.92 Å². The highest BCUT2D eigenvalue weighted by atomic mass is 16.5. The van der Waals surface area contributed by atoms with Gasteiger partial charge in [-0.25, -0.2) is 4.79 Å². The van der Waals surface area contributed by atoms with E-state index in [0.717, 1.165) is 37.3 Å². The Kier molecular flexibility index (Phi) is 5.85. The molecule has 0 aliphatic carbocycles. The molecular formula is C13H23N3O2. The first-order valence-corrected chi connectivity index (χ1v) is 6.50. The smallest absolute Gasteiger partial charge is 0.330 e. The van der Waals surface area contributed by atoms with Gasteiger partial charge in [-0.05, 0) is 19.5 Å². The topological polar surface area (TPSA) is 53.9 Å². The number of esters is 1. The van der Waals surface area contributed by atoms with Gasteiger partial charge in [0.2, 0.25) is 0 Å². The first kappa shape index (κ1) is 14.7. The lowest BCUT2D eigenvalue weighted by atomic mass is 10.0. The number of nitrogens with zero attached hydrogens (tertiary/aromatic N) is 2. The third-order valence-corrected chi connectivity index (χ3v) is 3.21. The van der Waals surface area contributed by atoms with Gasteiger partial charge in [-0.2, -0.15) is 5.10 Å². The molecule has 5 nitrogen and oxygen atoms in total. The van der Waals surface area contributed by atoms with Crippen LogP contribution in [0.15, 0.2) is 16.8 Å². The van der Waals surface area contributed by atoms with Crippen molar-refractivity contribution in [2.45, 2.75) is 33.2 Å². The lowest BCUT2D eigenvalue weighted by Crippen LogP contribution is -2.38. The fraction of sp³-hybridized carbons (Fsp3) is 0.692. The van der Waals surface area contributed by atoms with Crippen LogP contribution in [-0.2, 0) is 9.53 Å². The second-order valence-electron chi connectivity index (χ2n) is 4.20. The Bertz CT molecular complexity index is 346. The summed E-state index contributed by atoms with van der Waals surface area (Å²) in [4.78, 5) is 13.7. The van der Waals surface area contributed by atoms with Crippen molar-refractivity contribution in [3.8, 4) is 0 Å². The third-order valence-electron chi connectivity index (χ3n) is 3.21. The van der Waals surface area contributed by atoms with E-state index in [4.69, 9.17) is 4.74 Å². The number of hydrogen-bond acceptors (Lipinski definition) is 5. The maximum absolute atomic E-state index is 11.4.